The molecular weight excluding hydrogens is 144 g/mol. The van der Waals surface area contributed by atoms with E-state index in [1.165, 1.54) is 32.1 Å². The summed E-state index contributed by atoms with van der Waals surface area (Å²) in [7, 11) is 0. The lowest BCUT2D eigenvalue weighted by Crippen LogP contribution is -2.14. The first-order valence-electron chi connectivity index (χ1n) is 4.35. The van der Waals surface area contributed by atoms with Gasteiger partial charge in [-0.15, -0.1) is 11.6 Å². The molecule has 2 unspecified atom stereocenters. The van der Waals surface area contributed by atoms with Crippen LogP contribution in [0.15, 0.2) is 0 Å². The van der Waals surface area contributed by atoms with Gasteiger partial charge in [0.25, 0.3) is 0 Å². The molecule has 2 aliphatic rings. The zero-order valence-electron chi connectivity index (χ0n) is 6.57. The molecule has 0 bridgehead atoms. The fourth-order valence-corrected chi connectivity index (χ4v) is 2.81. The predicted molar refractivity (Wildman–Crippen MR) is 44.3 cm³/mol. The fraction of sp³-hybridized carbons (Fsp3) is 1.00. The molecule has 0 aromatic heterocycles. The monoisotopic (exact) mass is 158 g/mol. The lowest BCUT2D eigenvalue weighted by molar-refractivity contribution is 0.284. The molecule has 0 aromatic rings. The zero-order chi connectivity index (χ0) is 7.19. The molecule has 10 heavy (non-hydrogen) atoms. The Balaban J connectivity index is 2.01. The van der Waals surface area contributed by atoms with Gasteiger partial charge in [0.1, 0.15) is 0 Å². The molecule has 0 radical (unpaired) electrons. The van der Waals surface area contributed by atoms with Gasteiger partial charge in [0.05, 0.1) is 0 Å². The Hall–Kier alpha value is 0.290. The maximum Gasteiger partial charge on any atom is 0.0341 e. The summed E-state index contributed by atoms with van der Waals surface area (Å²) >= 11 is 6.07. The van der Waals surface area contributed by atoms with Crippen molar-refractivity contribution in [3.63, 3.8) is 0 Å². The van der Waals surface area contributed by atoms with Gasteiger partial charge in [-0.1, -0.05) is 6.92 Å². The van der Waals surface area contributed by atoms with E-state index in [1.54, 1.807) is 0 Å². The van der Waals surface area contributed by atoms with Crippen molar-refractivity contribution < 1.29 is 0 Å². The van der Waals surface area contributed by atoms with Crippen LogP contribution >= 0.6 is 11.6 Å². The first kappa shape index (κ1) is 6.97. The highest BCUT2D eigenvalue weighted by Gasteiger charge is 2.45. The van der Waals surface area contributed by atoms with Crippen molar-refractivity contribution in [2.75, 3.05) is 0 Å². The molecule has 0 aliphatic heterocycles. The van der Waals surface area contributed by atoms with Gasteiger partial charge < -0.3 is 0 Å². The Kier molecular flexibility index (Phi) is 1.49. The van der Waals surface area contributed by atoms with Crippen LogP contribution in [0.1, 0.15) is 39.0 Å². The molecule has 0 heterocycles. The molecule has 1 heteroatoms. The standard InChI is InChI=1S/C9H15Cl/c1-9(7-2-3-7)5-4-8(10)6-9/h7-8H,2-6H2,1H3. The third-order valence-corrected chi connectivity index (χ3v) is 3.65. The second-order valence-electron chi connectivity index (χ2n) is 4.27. The number of alkyl halides is 1. The normalized spacial score (nSPS) is 48.0. The van der Waals surface area contributed by atoms with Crippen LogP contribution in [0.2, 0.25) is 0 Å². The van der Waals surface area contributed by atoms with Crippen LogP contribution in [-0.4, -0.2) is 5.38 Å². The van der Waals surface area contributed by atoms with Crippen LogP contribution in [0.4, 0.5) is 0 Å². The molecule has 2 saturated carbocycles. The highest BCUT2D eigenvalue weighted by molar-refractivity contribution is 6.20. The maximum atomic E-state index is 6.07. The second kappa shape index (κ2) is 2.14. The van der Waals surface area contributed by atoms with E-state index in [9.17, 15) is 0 Å². The minimum atomic E-state index is 0.491. The van der Waals surface area contributed by atoms with Gasteiger partial charge >= 0.3 is 0 Å². The van der Waals surface area contributed by atoms with Crippen LogP contribution < -0.4 is 0 Å². The average molecular weight is 159 g/mol. The summed E-state index contributed by atoms with van der Waals surface area (Å²) in [6.45, 7) is 2.42. The third kappa shape index (κ3) is 1.07. The van der Waals surface area contributed by atoms with E-state index in [0.717, 1.165) is 5.92 Å². The van der Waals surface area contributed by atoms with Gasteiger partial charge in [0.2, 0.25) is 0 Å². The fourth-order valence-electron chi connectivity index (χ4n) is 2.35. The Bertz CT molecular complexity index is 140. The molecule has 58 valence electrons. The molecule has 0 saturated heterocycles. The van der Waals surface area contributed by atoms with Gasteiger partial charge in [0, 0.05) is 5.38 Å². The van der Waals surface area contributed by atoms with E-state index in [-0.39, 0.29) is 0 Å². The largest absolute Gasteiger partial charge is 0.123 e. The SMILES string of the molecule is CC1(C2CC2)CCC(Cl)C1. The molecule has 0 spiro atoms. The van der Waals surface area contributed by atoms with Gasteiger partial charge in [-0.2, -0.15) is 0 Å². The smallest absolute Gasteiger partial charge is 0.0341 e. The van der Waals surface area contributed by atoms with E-state index in [1.807, 2.05) is 0 Å². The number of hydrogen-bond acceptors (Lipinski definition) is 0. The summed E-state index contributed by atoms with van der Waals surface area (Å²) in [6.07, 6.45) is 6.86. The van der Waals surface area contributed by atoms with Crippen molar-refractivity contribution in [3.05, 3.63) is 0 Å². The van der Waals surface area contributed by atoms with E-state index in [2.05, 4.69) is 6.92 Å². The minimum Gasteiger partial charge on any atom is -0.123 e. The molecule has 2 rings (SSSR count). The summed E-state index contributed by atoms with van der Waals surface area (Å²) in [6, 6.07) is 0. The highest BCUT2D eigenvalue weighted by Crippen LogP contribution is 2.55. The Labute approximate surface area is 68.0 Å². The Morgan fingerprint density at radius 2 is 2.00 bits per heavy atom. The summed E-state index contributed by atoms with van der Waals surface area (Å²) < 4.78 is 0. The Morgan fingerprint density at radius 3 is 2.40 bits per heavy atom. The number of halogens is 1. The van der Waals surface area contributed by atoms with E-state index in [4.69, 9.17) is 11.6 Å². The van der Waals surface area contributed by atoms with Crippen LogP contribution in [0.25, 0.3) is 0 Å². The first-order valence-corrected chi connectivity index (χ1v) is 4.78. The van der Waals surface area contributed by atoms with Crippen molar-refractivity contribution in [2.24, 2.45) is 11.3 Å². The zero-order valence-corrected chi connectivity index (χ0v) is 7.32. The average Bonchev–Trinajstić information content (AvgIpc) is 2.62. The summed E-state index contributed by atoms with van der Waals surface area (Å²) in [5.74, 6) is 1.04. The predicted octanol–water partition coefficient (Wildman–Crippen LogP) is 3.19. The van der Waals surface area contributed by atoms with Crippen molar-refractivity contribution in [2.45, 2.75) is 44.4 Å². The molecule has 0 amide bonds. The van der Waals surface area contributed by atoms with Crippen LogP contribution in [0, 0.1) is 11.3 Å². The van der Waals surface area contributed by atoms with Crippen molar-refractivity contribution in [1.82, 2.24) is 0 Å². The quantitative estimate of drug-likeness (QED) is 0.515. The molecule has 2 aliphatic carbocycles. The second-order valence-corrected chi connectivity index (χ2v) is 4.89. The first-order chi connectivity index (χ1) is 4.71. The van der Waals surface area contributed by atoms with Crippen molar-refractivity contribution in [1.29, 1.82) is 0 Å². The van der Waals surface area contributed by atoms with Gasteiger partial charge in [0.15, 0.2) is 0 Å². The van der Waals surface area contributed by atoms with E-state index >= 15 is 0 Å². The third-order valence-electron chi connectivity index (χ3n) is 3.28. The molecular formula is C9H15Cl. The van der Waals surface area contributed by atoms with Crippen LogP contribution in [-0.2, 0) is 0 Å². The van der Waals surface area contributed by atoms with Crippen LogP contribution in [0.3, 0.4) is 0 Å². The molecule has 2 atom stereocenters. The molecule has 0 N–H and O–H groups in total. The Morgan fingerprint density at radius 1 is 1.30 bits per heavy atom. The summed E-state index contributed by atoms with van der Waals surface area (Å²) in [5, 5.41) is 0.491. The topological polar surface area (TPSA) is 0 Å². The molecule has 2 fully saturated rings. The number of hydrogen-bond donors (Lipinski definition) is 0. The van der Waals surface area contributed by atoms with Gasteiger partial charge in [-0.05, 0) is 43.4 Å². The van der Waals surface area contributed by atoms with E-state index < -0.39 is 0 Å². The highest BCUT2D eigenvalue weighted by atomic mass is 35.5. The van der Waals surface area contributed by atoms with Crippen molar-refractivity contribution in [3.8, 4) is 0 Å². The maximum absolute atomic E-state index is 6.07. The minimum absolute atomic E-state index is 0.491. The van der Waals surface area contributed by atoms with Gasteiger partial charge in [-0.25, -0.2) is 0 Å². The van der Waals surface area contributed by atoms with Crippen molar-refractivity contribution >= 4 is 11.6 Å². The summed E-state index contributed by atoms with van der Waals surface area (Å²) in [4.78, 5) is 0. The van der Waals surface area contributed by atoms with E-state index in [0.29, 0.717) is 10.8 Å². The lowest BCUT2D eigenvalue weighted by Gasteiger charge is -2.22. The lowest BCUT2D eigenvalue weighted by atomic mass is 9.83. The van der Waals surface area contributed by atoms with Crippen LogP contribution in [0.5, 0.6) is 0 Å². The molecule has 0 aromatic carbocycles. The summed E-state index contributed by atoms with van der Waals surface area (Å²) in [5.41, 5.74) is 0.645. The number of rotatable bonds is 1. The molecule has 0 nitrogen and oxygen atoms in total. The van der Waals surface area contributed by atoms with Gasteiger partial charge in [-0.3, -0.25) is 0 Å².